The molecule has 2 aromatic carbocycles. The molecule has 0 saturated heterocycles. The van der Waals surface area contributed by atoms with E-state index in [1.165, 1.54) is 23.5 Å². The van der Waals surface area contributed by atoms with Crippen LogP contribution in [0.2, 0.25) is 9.49 Å². The number of sulfonamides is 1. The second-order valence-corrected chi connectivity index (χ2v) is 8.89. The standard InChI is InChI=1S/C16H13Cl2N3O2S2/c17-11-2-1-3-13(8-11)21-25(22,23)15-6-4-12(5-7-15)19-9-14-10-20-16(18)24-14/h1-8,10,19,21H,9H2. The molecule has 0 spiro atoms. The summed E-state index contributed by atoms with van der Waals surface area (Å²) in [5.74, 6) is 0. The van der Waals surface area contributed by atoms with Gasteiger partial charge in [0, 0.05) is 21.8 Å². The quantitative estimate of drug-likeness (QED) is 0.604. The van der Waals surface area contributed by atoms with Gasteiger partial charge in [0.2, 0.25) is 0 Å². The fourth-order valence-corrected chi connectivity index (χ4v) is 4.23. The lowest BCUT2D eigenvalue weighted by Gasteiger charge is -2.10. The Labute approximate surface area is 159 Å². The Balaban J connectivity index is 1.68. The van der Waals surface area contributed by atoms with Gasteiger partial charge in [-0.3, -0.25) is 4.72 Å². The molecule has 3 rings (SSSR count). The van der Waals surface area contributed by atoms with Crippen LogP contribution in [0, 0.1) is 0 Å². The Morgan fingerprint density at radius 1 is 1.04 bits per heavy atom. The van der Waals surface area contributed by atoms with Crippen molar-refractivity contribution in [1.29, 1.82) is 0 Å². The molecule has 0 aliphatic carbocycles. The second-order valence-electron chi connectivity index (χ2n) is 5.07. The van der Waals surface area contributed by atoms with Gasteiger partial charge in [-0.1, -0.05) is 29.3 Å². The zero-order valence-corrected chi connectivity index (χ0v) is 15.9. The van der Waals surface area contributed by atoms with E-state index in [1.54, 1.807) is 42.6 Å². The average molecular weight is 414 g/mol. The van der Waals surface area contributed by atoms with E-state index < -0.39 is 10.0 Å². The fraction of sp³-hybridized carbons (Fsp3) is 0.0625. The number of aromatic nitrogens is 1. The van der Waals surface area contributed by atoms with Gasteiger partial charge in [0.25, 0.3) is 10.0 Å². The summed E-state index contributed by atoms with van der Waals surface area (Å²) in [7, 11) is -3.67. The van der Waals surface area contributed by atoms with Gasteiger partial charge in [-0.2, -0.15) is 0 Å². The molecule has 5 nitrogen and oxygen atoms in total. The number of hydrogen-bond acceptors (Lipinski definition) is 5. The van der Waals surface area contributed by atoms with Crippen LogP contribution >= 0.6 is 34.5 Å². The van der Waals surface area contributed by atoms with Crippen molar-refractivity contribution in [1.82, 2.24) is 4.98 Å². The highest BCUT2D eigenvalue weighted by Crippen LogP contribution is 2.22. The number of benzene rings is 2. The third-order valence-electron chi connectivity index (χ3n) is 3.23. The summed E-state index contributed by atoms with van der Waals surface area (Å²) in [5, 5.41) is 3.65. The van der Waals surface area contributed by atoms with Gasteiger partial charge >= 0.3 is 0 Å². The monoisotopic (exact) mass is 413 g/mol. The molecule has 1 heterocycles. The Bertz CT molecular complexity index is 973. The molecule has 2 N–H and O–H groups in total. The van der Waals surface area contributed by atoms with Crippen molar-refractivity contribution in [3.05, 3.63) is 69.1 Å². The largest absolute Gasteiger partial charge is 0.380 e. The number of hydrogen-bond donors (Lipinski definition) is 2. The molecule has 0 fully saturated rings. The molecule has 0 radical (unpaired) electrons. The smallest absolute Gasteiger partial charge is 0.261 e. The highest BCUT2D eigenvalue weighted by atomic mass is 35.5. The molecule has 9 heteroatoms. The van der Waals surface area contributed by atoms with Gasteiger partial charge in [-0.15, -0.1) is 11.3 Å². The van der Waals surface area contributed by atoms with Gasteiger partial charge in [-0.05, 0) is 42.5 Å². The van der Waals surface area contributed by atoms with E-state index >= 15 is 0 Å². The zero-order chi connectivity index (χ0) is 17.9. The lowest BCUT2D eigenvalue weighted by molar-refractivity contribution is 0.601. The first-order valence-electron chi connectivity index (χ1n) is 7.15. The van der Waals surface area contributed by atoms with Crippen LogP contribution in [0.5, 0.6) is 0 Å². The van der Waals surface area contributed by atoms with Gasteiger partial charge in [0.05, 0.1) is 17.1 Å². The zero-order valence-electron chi connectivity index (χ0n) is 12.7. The SMILES string of the molecule is O=S(=O)(Nc1cccc(Cl)c1)c1ccc(NCc2cnc(Cl)s2)cc1. The van der Waals surface area contributed by atoms with Crippen LogP contribution in [-0.2, 0) is 16.6 Å². The summed E-state index contributed by atoms with van der Waals surface area (Å²) in [6, 6.07) is 13.0. The number of halogens is 2. The predicted octanol–water partition coefficient (Wildman–Crippen LogP) is 4.86. The average Bonchev–Trinajstić information content (AvgIpc) is 2.98. The van der Waals surface area contributed by atoms with Gasteiger partial charge in [0.1, 0.15) is 0 Å². The molecule has 1 aromatic heterocycles. The lowest BCUT2D eigenvalue weighted by Crippen LogP contribution is -2.12. The van der Waals surface area contributed by atoms with E-state index in [4.69, 9.17) is 23.2 Å². The number of rotatable bonds is 6. The summed E-state index contributed by atoms with van der Waals surface area (Å²) in [4.78, 5) is 5.12. The lowest BCUT2D eigenvalue weighted by atomic mass is 10.3. The number of nitrogens with one attached hydrogen (secondary N) is 2. The van der Waals surface area contributed by atoms with E-state index in [0.717, 1.165) is 10.6 Å². The van der Waals surface area contributed by atoms with Crippen LogP contribution in [0.1, 0.15) is 4.88 Å². The Morgan fingerprint density at radius 2 is 1.80 bits per heavy atom. The molecule has 130 valence electrons. The Morgan fingerprint density at radius 3 is 2.44 bits per heavy atom. The molecule has 0 bridgehead atoms. The molecule has 0 aliphatic heterocycles. The maximum Gasteiger partial charge on any atom is 0.261 e. The van der Waals surface area contributed by atoms with E-state index in [-0.39, 0.29) is 4.90 Å². The Hall–Kier alpha value is -1.80. The number of thiazole rings is 1. The molecule has 0 amide bonds. The maximum absolute atomic E-state index is 12.4. The first-order valence-corrected chi connectivity index (χ1v) is 10.2. The molecular formula is C16H13Cl2N3O2S2. The predicted molar refractivity (Wildman–Crippen MR) is 103 cm³/mol. The van der Waals surface area contributed by atoms with Crippen molar-refractivity contribution in [3.8, 4) is 0 Å². The minimum Gasteiger partial charge on any atom is -0.380 e. The molecule has 0 atom stereocenters. The van der Waals surface area contributed by atoms with Crippen LogP contribution in [-0.4, -0.2) is 13.4 Å². The molecule has 0 saturated carbocycles. The molecule has 0 unspecified atom stereocenters. The topological polar surface area (TPSA) is 71.1 Å². The number of nitrogens with zero attached hydrogens (tertiary/aromatic N) is 1. The van der Waals surface area contributed by atoms with Crippen molar-refractivity contribution in [3.63, 3.8) is 0 Å². The molecule has 3 aromatic rings. The minimum atomic E-state index is -3.67. The van der Waals surface area contributed by atoms with Crippen molar-refractivity contribution in [2.75, 3.05) is 10.0 Å². The van der Waals surface area contributed by atoms with Crippen LogP contribution in [0.25, 0.3) is 0 Å². The van der Waals surface area contributed by atoms with Crippen LogP contribution in [0.3, 0.4) is 0 Å². The first kappa shape index (κ1) is 18.0. The minimum absolute atomic E-state index is 0.166. The van der Waals surface area contributed by atoms with Crippen LogP contribution in [0.15, 0.2) is 59.6 Å². The van der Waals surface area contributed by atoms with Crippen molar-refractivity contribution >= 4 is 55.9 Å². The summed E-state index contributed by atoms with van der Waals surface area (Å²) in [5.41, 5.74) is 1.21. The molecule has 0 aliphatic rings. The summed E-state index contributed by atoms with van der Waals surface area (Å²) >= 11 is 13.1. The molecular weight excluding hydrogens is 401 g/mol. The first-order chi connectivity index (χ1) is 11.9. The highest BCUT2D eigenvalue weighted by molar-refractivity contribution is 7.92. The van der Waals surface area contributed by atoms with Crippen LogP contribution < -0.4 is 10.0 Å². The van der Waals surface area contributed by atoms with E-state index in [2.05, 4.69) is 15.0 Å². The van der Waals surface area contributed by atoms with Crippen molar-refractivity contribution in [2.24, 2.45) is 0 Å². The normalized spacial score (nSPS) is 11.3. The van der Waals surface area contributed by atoms with E-state index in [0.29, 0.717) is 21.7 Å². The Kier molecular flexibility index (Phi) is 5.48. The van der Waals surface area contributed by atoms with E-state index in [9.17, 15) is 8.42 Å². The summed E-state index contributed by atoms with van der Waals surface area (Å²) in [6.45, 7) is 0.567. The summed E-state index contributed by atoms with van der Waals surface area (Å²) in [6.07, 6.45) is 1.70. The van der Waals surface area contributed by atoms with Crippen molar-refractivity contribution < 1.29 is 8.42 Å². The van der Waals surface area contributed by atoms with Gasteiger partial charge in [0.15, 0.2) is 4.47 Å². The molecule has 25 heavy (non-hydrogen) atoms. The van der Waals surface area contributed by atoms with Crippen molar-refractivity contribution in [2.45, 2.75) is 11.4 Å². The summed E-state index contributed by atoms with van der Waals surface area (Å²) < 4.78 is 27.8. The third kappa shape index (κ3) is 4.85. The maximum atomic E-state index is 12.4. The van der Waals surface area contributed by atoms with Crippen LogP contribution in [0.4, 0.5) is 11.4 Å². The highest BCUT2D eigenvalue weighted by Gasteiger charge is 2.14. The third-order valence-corrected chi connectivity index (χ3v) is 5.98. The number of anilines is 2. The van der Waals surface area contributed by atoms with E-state index in [1.807, 2.05) is 0 Å². The fourth-order valence-electron chi connectivity index (χ4n) is 2.07. The van der Waals surface area contributed by atoms with Gasteiger partial charge in [-0.25, -0.2) is 13.4 Å². The second kappa shape index (κ2) is 7.61. The van der Waals surface area contributed by atoms with Gasteiger partial charge < -0.3 is 5.32 Å².